The van der Waals surface area contributed by atoms with Crippen LogP contribution < -0.4 is 39.0 Å². The molecule has 30 heavy (non-hydrogen) atoms. The Morgan fingerprint density at radius 2 is 2.07 bits per heavy atom. The fourth-order valence-electron chi connectivity index (χ4n) is 5.46. The molecule has 0 amide bonds. The van der Waals surface area contributed by atoms with Gasteiger partial charge in [0.05, 0.1) is 0 Å². The van der Waals surface area contributed by atoms with E-state index >= 15 is 0 Å². The van der Waals surface area contributed by atoms with Gasteiger partial charge in [-0.2, -0.15) is 20.3 Å². The van der Waals surface area contributed by atoms with Gasteiger partial charge < -0.3 is 25.4 Å². The van der Waals surface area contributed by atoms with Crippen LogP contribution in [-0.4, -0.2) is 47.8 Å². The van der Waals surface area contributed by atoms with E-state index in [1.807, 2.05) is 12.1 Å². The summed E-state index contributed by atoms with van der Waals surface area (Å²) in [6.07, 6.45) is 6.26. The maximum absolute atomic E-state index is 11.5. The molecule has 1 N–H and O–H groups in total. The van der Waals surface area contributed by atoms with Crippen molar-refractivity contribution in [1.29, 1.82) is 0 Å². The molecule has 2 heterocycles. The quantitative estimate of drug-likeness (QED) is 0.247. The van der Waals surface area contributed by atoms with E-state index in [1.54, 1.807) is 0 Å². The molecule has 5 atom stereocenters. The zero-order valence-corrected chi connectivity index (χ0v) is 21.1. The number of hydrogen-bond acceptors (Lipinski definition) is 5. The Morgan fingerprint density at radius 1 is 1.37 bits per heavy atom. The minimum absolute atomic E-state index is 0. The van der Waals surface area contributed by atoms with Crippen molar-refractivity contribution in [3.63, 3.8) is 0 Å². The number of piperidine rings is 1. The molecule has 0 unspecified atom stereocenters. The summed E-state index contributed by atoms with van der Waals surface area (Å²) >= 11 is 0. The Balaban J connectivity index is 0.000000386. The number of rotatable bonds is 2. The summed E-state index contributed by atoms with van der Waals surface area (Å²) in [7, 11) is 2.18. The van der Waals surface area contributed by atoms with Crippen LogP contribution in [0.1, 0.15) is 51.7 Å². The molecule has 0 saturated carbocycles. The molecular formula is C24H32NNaO4. The standard InChI is InChI=1S/C19H21NO4.C5H11.Na/c1-10(21)23-15-6-3-11-9-13-12-4-5-14(22)18-19(12,7-8-20(13)2)16(11)17(15)24-18;1-4-5(2)3;/h3-6,12-14,18,22H,7-9H2,1-2H3;4H2,1-3H3;/q;-1;+1/t12-,13+,14-,18-,19-;;/m0../s1. The van der Waals surface area contributed by atoms with Gasteiger partial charge in [0.15, 0.2) is 11.5 Å². The number of ether oxygens (including phenoxy) is 2. The molecule has 0 aromatic heterocycles. The Hall–Kier alpha value is -0.850. The van der Waals surface area contributed by atoms with Crippen molar-refractivity contribution in [3.05, 3.63) is 41.3 Å². The van der Waals surface area contributed by atoms with Crippen molar-refractivity contribution in [2.24, 2.45) is 5.92 Å². The molecule has 1 aromatic carbocycles. The van der Waals surface area contributed by atoms with Gasteiger partial charge in [0.1, 0.15) is 12.2 Å². The van der Waals surface area contributed by atoms with E-state index in [0.717, 1.165) is 19.4 Å². The number of aliphatic hydroxyl groups excluding tert-OH is 1. The summed E-state index contributed by atoms with van der Waals surface area (Å²) in [5, 5.41) is 10.6. The first kappa shape index (κ1) is 23.8. The molecule has 2 aliphatic heterocycles. The zero-order valence-electron chi connectivity index (χ0n) is 19.1. The number of carbonyl (C=O) groups is 1. The SMILES string of the molecule is CC(=O)Oc1ccc2c3c1O[C@H]1[C@@H](O)C=C[C@H]4[C@@H](C2)N(C)CC[C@@]341.CC[C-](C)C.[Na+]. The van der Waals surface area contributed by atoms with E-state index in [9.17, 15) is 9.90 Å². The number of nitrogens with zero attached hydrogens (tertiary/aromatic N) is 1. The zero-order chi connectivity index (χ0) is 20.9. The molecule has 2 aliphatic carbocycles. The van der Waals surface area contributed by atoms with Crippen LogP contribution in [0.25, 0.3) is 0 Å². The Labute approximate surface area is 202 Å². The van der Waals surface area contributed by atoms with E-state index in [-0.39, 0.29) is 47.0 Å². The van der Waals surface area contributed by atoms with Gasteiger partial charge in [0.25, 0.3) is 0 Å². The summed E-state index contributed by atoms with van der Waals surface area (Å²) in [5.74, 6) is 2.63. The molecule has 2 bridgehead atoms. The van der Waals surface area contributed by atoms with Gasteiger partial charge in [-0.05, 0) is 38.1 Å². The van der Waals surface area contributed by atoms with Crippen LogP contribution >= 0.6 is 0 Å². The van der Waals surface area contributed by atoms with Crippen molar-refractivity contribution in [2.75, 3.05) is 13.6 Å². The Morgan fingerprint density at radius 3 is 2.70 bits per heavy atom. The van der Waals surface area contributed by atoms with Crippen molar-refractivity contribution in [3.8, 4) is 11.5 Å². The average Bonchev–Trinajstić information content (AvgIpc) is 3.03. The molecule has 1 spiro atoms. The van der Waals surface area contributed by atoms with Crippen molar-refractivity contribution >= 4 is 5.97 Å². The van der Waals surface area contributed by atoms with Crippen LogP contribution in [0.15, 0.2) is 24.3 Å². The van der Waals surface area contributed by atoms with Crippen LogP contribution in [0.3, 0.4) is 0 Å². The molecule has 158 valence electrons. The number of esters is 1. The third-order valence-corrected chi connectivity index (χ3v) is 7.10. The normalized spacial score (nSPS) is 32.4. The summed E-state index contributed by atoms with van der Waals surface area (Å²) in [6, 6.07) is 4.32. The third-order valence-electron chi connectivity index (χ3n) is 7.10. The smallest absolute Gasteiger partial charge is 0.482 e. The molecule has 1 aromatic rings. The van der Waals surface area contributed by atoms with Gasteiger partial charge in [-0.3, -0.25) is 4.79 Å². The summed E-state index contributed by atoms with van der Waals surface area (Å²) < 4.78 is 11.7. The van der Waals surface area contributed by atoms with Gasteiger partial charge in [-0.25, -0.2) is 0 Å². The van der Waals surface area contributed by atoms with E-state index in [1.165, 1.54) is 30.4 Å². The summed E-state index contributed by atoms with van der Waals surface area (Å²) in [4.78, 5) is 13.9. The summed E-state index contributed by atoms with van der Waals surface area (Å²) in [5.41, 5.74) is 2.23. The Bertz CT molecular complexity index is 839. The monoisotopic (exact) mass is 421 g/mol. The second-order valence-corrected chi connectivity index (χ2v) is 9.06. The van der Waals surface area contributed by atoms with E-state index < -0.39 is 6.10 Å². The largest absolute Gasteiger partial charge is 1.00 e. The first-order valence-corrected chi connectivity index (χ1v) is 10.7. The minimum atomic E-state index is -0.631. The third kappa shape index (κ3) is 3.67. The second kappa shape index (κ2) is 8.95. The van der Waals surface area contributed by atoms with Crippen LogP contribution in [0.2, 0.25) is 0 Å². The summed E-state index contributed by atoms with van der Waals surface area (Å²) in [6.45, 7) is 8.82. The molecule has 5 rings (SSSR count). The van der Waals surface area contributed by atoms with Crippen molar-refractivity contribution < 1.29 is 48.9 Å². The van der Waals surface area contributed by atoms with Gasteiger partial charge in [0, 0.05) is 29.9 Å². The van der Waals surface area contributed by atoms with Crippen molar-refractivity contribution in [2.45, 2.75) is 70.6 Å². The van der Waals surface area contributed by atoms with E-state index in [0.29, 0.717) is 23.5 Å². The first-order valence-electron chi connectivity index (χ1n) is 10.7. The topological polar surface area (TPSA) is 59.0 Å². The average molecular weight is 422 g/mol. The molecule has 1 saturated heterocycles. The fourth-order valence-corrected chi connectivity index (χ4v) is 5.46. The van der Waals surface area contributed by atoms with Crippen LogP contribution in [0.4, 0.5) is 0 Å². The molecule has 1 fully saturated rings. The predicted molar refractivity (Wildman–Crippen MR) is 112 cm³/mol. The van der Waals surface area contributed by atoms with Gasteiger partial charge >= 0.3 is 35.5 Å². The van der Waals surface area contributed by atoms with Gasteiger partial charge in [-0.15, -0.1) is 0 Å². The predicted octanol–water partition coefficient (Wildman–Crippen LogP) is 0.432. The number of likely N-dealkylation sites (tertiary alicyclic amines) is 1. The number of likely N-dealkylation sites (N-methyl/N-ethyl adjacent to an activating group) is 1. The maximum atomic E-state index is 11.5. The maximum Gasteiger partial charge on any atom is 1.00 e. The van der Waals surface area contributed by atoms with Crippen molar-refractivity contribution in [1.82, 2.24) is 4.90 Å². The van der Waals surface area contributed by atoms with E-state index in [2.05, 4.69) is 44.9 Å². The molecule has 5 nitrogen and oxygen atoms in total. The van der Waals surface area contributed by atoms with Gasteiger partial charge in [0.2, 0.25) is 0 Å². The van der Waals surface area contributed by atoms with Gasteiger partial charge in [-0.1, -0.05) is 25.1 Å². The first-order chi connectivity index (χ1) is 13.8. The van der Waals surface area contributed by atoms with Crippen LogP contribution in [0.5, 0.6) is 11.5 Å². The second-order valence-electron chi connectivity index (χ2n) is 9.06. The Kier molecular flexibility index (Phi) is 7.10. The minimum Gasteiger partial charge on any atom is -0.482 e. The molecule has 0 radical (unpaired) electrons. The van der Waals surface area contributed by atoms with Crippen LogP contribution in [0, 0.1) is 11.8 Å². The number of hydrogen-bond donors (Lipinski definition) is 1. The fraction of sp³-hybridized carbons (Fsp3) is 0.583. The number of benzene rings is 1. The molecular weight excluding hydrogens is 389 g/mol. The number of carbonyl (C=O) groups excluding carboxylic acids is 1. The van der Waals surface area contributed by atoms with E-state index in [4.69, 9.17) is 9.47 Å². The molecule has 4 aliphatic rings. The molecule has 6 heteroatoms. The number of aliphatic hydroxyl groups is 1. The van der Waals surface area contributed by atoms with Crippen LogP contribution in [-0.2, 0) is 16.6 Å².